The smallest absolute Gasteiger partial charge is 0.257 e. The highest BCUT2D eigenvalue weighted by atomic mass is 16.3. The Morgan fingerprint density at radius 2 is 1.92 bits per heavy atom. The van der Waals surface area contributed by atoms with Crippen molar-refractivity contribution in [2.24, 2.45) is 5.92 Å². The van der Waals surface area contributed by atoms with Gasteiger partial charge in [0.1, 0.15) is 11.5 Å². The van der Waals surface area contributed by atoms with Crippen molar-refractivity contribution in [1.82, 2.24) is 4.90 Å². The van der Waals surface area contributed by atoms with Crippen molar-refractivity contribution < 1.29 is 14.7 Å². The Kier molecular flexibility index (Phi) is 5.71. The molecular formula is C22H25NO3. The number of rotatable bonds is 5. The Morgan fingerprint density at radius 3 is 2.65 bits per heavy atom. The van der Waals surface area contributed by atoms with Gasteiger partial charge in [-0.25, -0.2) is 0 Å². The summed E-state index contributed by atoms with van der Waals surface area (Å²) in [5.41, 5.74) is 2.38. The lowest BCUT2D eigenvalue weighted by Crippen LogP contribution is -2.42. The van der Waals surface area contributed by atoms with E-state index in [-0.39, 0.29) is 23.4 Å². The van der Waals surface area contributed by atoms with Gasteiger partial charge in [0.2, 0.25) is 0 Å². The summed E-state index contributed by atoms with van der Waals surface area (Å²) in [6, 6.07) is 15.1. The minimum atomic E-state index is -0.192. The third kappa shape index (κ3) is 4.31. The van der Waals surface area contributed by atoms with Crippen molar-refractivity contribution in [2.75, 3.05) is 13.1 Å². The number of phenols is 1. The maximum Gasteiger partial charge on any atom is 0.257 e. The summed E-state index contributed by atoms with van der Waals surface area (Å²) in [6.45, 7) is 2.95. The predicted octanol–water partition coefficient (Wildman–Crippen LogP) is 3.75. The second-order valence-electron chi connectivity index (χ2n) is 7.06. The van der Waals surface area contributed by atoms with Gasteiger partial charge in [0, 0.05) is 25.4 Å². The molecule has 1 saturated heterocycles. The summed E-state index contributed by atoms with van der Waals surface area (Å²) in [4.78, 5) is 27.0. The fraction of sp³-hybridized carbons (Fsp3) is 0.364. The number of piperidine rings is 1. The molecule has 136 valence electrons. The van der Waals surface area contributed by atoms with Crippen LogP contribution in [0.25, 0.3) is 0 Å². The highest BCUT2D eigenvalue weighted by Crippen LogP contribution is 2.25. The Bertz CT molecular complexity index is 785. The standard InChI is InChI=1S/C22H25NO3/c1-16-9-11-19(21(25)14-16)22(26)23-13-5-8-18(15-23)20(24)12-10-17-6-3-2-4-7-17/h2-4,6-7,9,11,14,18,25H,5,8,10,12-13,15H2,1H3/t18-/m1/s1. The van der Waals surface area contributed by atoms with Crippen molar-refractivity contribution in [3.05, 3.63) is 65.2 Å². The number of ketones is 1. The van der Waals surface area contributed by atoms with Crippen molar-refractivity contribution in [3.8, 4) is 5.75 Å². The van der Waals surface area contributed by atoms with Crippen LogP contribution in [0.3, 0.4) is 0 Å². The van der Waals surface area contributed by atoms with Gasteiger partial charge in [-0.1, -0.05) is 36.4 Å². The first kappa shape index (κ1) is 18.2. The zero-order valence-electron chi connectivity index (χ0n) is 15.1. The Balaban J connectivity index is 1.61. The third-order valence-electron chi connectivity index (χ3n) is 5.05. The molecule has 4 heteroatoms. The molecule has 0 saturated carbocycles. The number of hydrogen-bond donors (Lipinski definition) is 1. The molecule has 1 N–H and O–H groups in total. The van der Waals surface area contributed by atoms with Gasteiger partial charge in [-0.3, -0.25) is 9.59 Å². The lowest BCUT2D eigenvalue weighted by molar-refractivity contribution is -0.124. The number of benzene rings is 2. The average molecular weight is 351 g/mol. The van der Waals surface area contributed by atoms with E-state index >= 15 is 0 Å². The van der Waals surface area contributed by atoms with Gasteiger partial charge in [0.15, 0.2) is 0 Å². The molecular weight excluding hydrogens is 326 g/mol. The summed E-state index contributed by atoms with van der Waals surface area (Å²) < 4.78 is 0. The van der Waals surface area contributed by atoms with Crippen molar-refractivity contribution in [1.29, 1.82) is 0 Å². The maximum atomic E-state index is 12.7. The van der Waals surface area contributed by atoms with Crippen LogP contribution in [-0.4, -0.2) is 34.8 Å². The number of nitrogens with zero attached hydrogens (tertiary/aromatic N) is 1. The molecule has 1 heterocycles. The molecule has 3 rings (SSSR count). The first-order chi connectivity index (χ1) is 12.5. The molecule has 1 amide bonds. The van der Waals surface area contributed by atoms with Gasteiger partial charge < -0.3 is 10.0 Å². The second-order valence-corrected chi connectivity index (χ2v) is 7.06. The highest BCUT2D eigenvalue weighted by Gasteiger charge is 2.29. The quantitative estimate of drug-likeness (QED) is 0.892. The lowest BCUT2D eigenvalue weighted by Gasteiger charge is -2.32. The SMILES string of the molecule is Cc1ccc(C(=O)N2CCC[C@@H](C(=O)CCc3ccccc3)C2)c(O)c1. The number of hydrogen-bond acceptors (Lipinski definition) is 3. The van der Waals surface area contributed by atoms with Crippen LogP contribution >= 0.6 is 0 Å². The molecule has 4 nitrogen and oxygen atoms in total. The lowest BCUT2D eigenvalue weighted by atomic mass is 9.90. The molecule has 2 aromatic carbocycles. The minimum Gasteiger partial charge on any atom is -0.507 e. The Morgan fingerprint density at radius 1 is 1.15 bits per heavy atom. The van der Waals surface area contributed by atoms with E-state index in [0.29, 0.717) is 25.1 Å². The summed E-state index contributed by atoms with van der Waals surface area (Å²) in [5.74, 6) is -0.0703. The van der Waals surface area contributed by atoms with Crippen LogP contribution in [0.5, 0.6) is 5.75 Å². The molecule has 26 heavy (non-hydrogen) atoms. The molecule has 0 aliphatic carbocycles. The van der Waals surface area contributed by atoms with E-state index < -0.39 is 0 Å². The van der Waals surface area contributed by atoms with Crippen LogP contribution in [0, 0.1) is 12.8 Å². The van der Waals surface area contributed by atoms with E-state index in [1.165, 1.54) is 0 Å². The van der Waals surface area contributed by atoms with Crippen LogP contribution < -0.4 is 0 Å². The van der Waals surface area contributed by atoms with Crippen molar-refractivity contribution in [2.45, 2.75) is 32.6 Å². The van der Waals surface area contributed by atoms with Gasteiger partial charge in [-0.2, -0.15) is 0 Å². The molecule has 0 unspecified atom stereocenters. The normalized spacial score (nSPS) is 17.1. The topological polar surface area (TPSA) is 57.6 Å². The molecule has 1 fully saturated rings. The van der Waals surface area contributed by atoms with E-state index in [0.717, 1.165) is 30.4 Å². The maximum absolute atomic E-state index is 12.7. The van der Waals surface area contributed by atoms with Crippen molar-refractivity contribution >= 4 is 11.7 Å². The summed E-state index contributed by atoms with van der Waals surface area (Å²) >= 11 is 0. The van der Waals surface area contributed by atoms with E-state index in [4.69, 9.17) is 0 Å². The van der Waals surface area contributed by atoms with E-state index in [2.05, 4.69) is 0 Å². The summed E-state index contributed by atoms with van der Waals surface area (Å²) in [6.07, 6.45) is 2.90. The van der Waals surface area contributed by atoms with E-state index in [1.54, 1.807) is 17.0 Å². The summed E-state index contributed by atoms with van der Waals surface area (Å²) in [5, 5.41) is 10.1. The number of amides is 1. The molecule has 0 radical (unpaired) electrons. The van der Waals surface area contributed by atoms with Gasteiger partial charge in [-0.05, 0) is 49.4 Å². The highest BCUT2D eigenvalue weighted by molar-refractivity contribution is 5.97. The number of carbonyl (C=O) groups is 2. The molecule has 0 spiro atoms. The van der Waals surface area contributed by atoms with Crippen molar-refractivity contribution in [3.63, 3.8) is 0 Å². The van der Waals surface area contributed by atoms with Crippen LogP contribution in [-0.2, 0) is 11.2 Å². The molecule has 0 aromatic heterocycles. The van der Waals surface area contributed by atoms with Crippen LogP contribution in [0.2, 0.25) is 0 Å². The van der Waals surface area contributed by atoms with E-state index in [9.17, 15) is 14.7 Å². The van der Waals surface area contributed by atoms with Crippen LogP contribution in [0.1, 0.15) is 40.7 Å². The monoisotopic (exact) mass is 351 g/mol. The van der Waals surface area contributed by atoms with Gasteiger partial charge >= 0.3 is 0 Å². The van der Waals surface area contributed by atoms with E-state index in [1.807, 2.05) is 43.3 Å². The van der Waals surface area contributed by atoms with Crippen LogP contribution in [0.4, 0.5) is 0 Å². The first-order valence-electron chi connectivity index (χ1n) is 9.20. The number of aromatic hydroxyl groups is 1. The largest absolute Gasteiger partial charge is 0.507 e. The molecule has 1 aliphatic heterocycles. The van der Waals surface area contributed by atoms with Gasteiger partial charge in [0.05, 0.1) is 5.56 Å². The van der Waals surface area contributed by atoms with Crippen LogP contribution in [0.15, 0.2) is 48.5 Å². The number of likely N-dealkylation sites (tertiary alicyclic amines) is 1. The average Bonchev–Trinajstić information content (AvgIpc) is 2.66. The second kappa shape index (κ2) is 8.17. The van der Waals surface area contributed by atoms with Gasteiger partial charge in [-0.15, -0.1) is 0 Å². The molecule has 1 aliphatic rings. The van der Waals surface area contributed by atoms with Gasteiger partial charge in [0.25, 0.3) is 5.91 Å². The summed E-state index contributed by atoms with van der Waals surface area (Å²) in [7, 11) is 0. The number of aryl methyl sites for hydroxylation is 2. The molecule has 0 bridgehead atoms. The fourth-order valence-corrected chi connectivity index (χ4v) is 3.53. The number of phenolic OH excluding ortho intramolecular Hbond substituents is 1. The molecule has 2 aromatic rings. The first-order valence-corrected chi connectivity index (χ1v) is 9.20. The third-order valence-corrected chi connectivity index (χ3v) is 5.05. The number of Topliss-reactive ketones (excluding diaryl/α,β-unsaturated/α-hetero) is 1. The zero-order chi connectivity index (χ0) is 18.5. The predicted molar refractivity (Wildman–Crippen MR) is 101 cm³/mol. The zero-order valence-corrected chi connectivity index (χ0v) is 15.1. The fourth-order valence-electron chi connectivity index (χ4n) is 3.53. The minimum absolute atomic E-state index is 0.00697. The molecule has 1 atom stereocenters. The Hall–Kier alpha value is -2.62. The Labute approximate surface area is 154 Å². The number of carbonyl (C=O) groups excluding carboxylic acids is 2.